The van der Waals surface area contributed by atoms with E-state index in [1.807, 2.05) is 11.5 Å². The Hall–Kier alpha value is -2.11. The van der Waals surface area contributed by atoms with Gasteiger partial charge < -0.3 is 14.2 Å². The van der Waals surface area contributed by atoms with Crippen LogP contribution >= 0.6 is 0 Å². The van der Waals surface area contributed by atoms with E-state index in [1.165, 1.54) is 0 Å². The molecule has 1 aliphatic carbocycles. The van der Waals surface area contributed by atoms with E-state index < -0.39 is 5.97 Å². The van der Waals surface area contributed by atoms with E-state index in [1.54, 1.807) is 12.5 Å². The van der Waals surface area contributed by atoms with Crippen LogP contribution in [0.3, 0.4) is 0 Å². The first-order valence-corrected chi connectivity index (χ1v) is 5.96. The molecule has 1 saturated carbocycles. The van der Waals surface area contributed by atoms with Crippen molar-refractivity contribution in [2.45, 2.75) is 32.2 Å². The van der Waals surface area contributed by atoms with Crippen LogP contribution in [-0.4, -0.2) is 25.8 Å². The monoisotopic (exact) mass is 247 g/mol. The quantitative estimate of drug-likeness (QED) is 0.895. The number of carbonyl (C=O) groups is 1. The first-order chi connectivity index (χ1) is 8.72. The van der Waals surface area contributed by atoms with Gasteiger partial charge in [-0.05, 0) is 12.8 Å². The Morgan fingerprint density at radius 2 is 2.39 bits per heavy atom. The lowest BCUT2D eigenvalue weighted by atomic mass is 10.1. The van der Waals surface area contributed by atoms with E-state index in [0.717, 1.165) is 18.5 Å². The normalized spacial score (nSPS) is 14.9. The molecule has 0 aliphatic heterocycles. The van der Waals surface area contributed by atoms with E-state index in [4.69, 9.17) is 4.52 Å². The fourth-order valence-electron chi connectivity index (χ4n) is 2.09. The zero-order valence-electron chi connectivity index (χ0n) is 9.96. The molecule has 0 radical (unpaired) electrons. The third kappa shape index (κ3) is 1.61. The number of carboxylic acids is 1. The van der Waals surface area contributed by atoms with Crippen LogP contribution in [0.1, 0.15) is 41.9 Å². The lowest BCUT2D eigenvalue weighted by Gasteiger charge is -2.03. The van der Waals surface area contributed by atoms with Gasteiger partial charge in [-0.25, -0.2) is 9.78 Å². The number of aromatic carboxylic acids is 1. The summed E-state index contributed by atoms with van der Waals surface area (Å²) >= 11 is 0. The largest absolute Gasteiger partial charge is 0.477 e. The average Bonchev–Trinajstić information content (AvgIpc) is 2.94. The molecule has 6 heteroatoms. The molecular weight excluding hydrogens is 234 g/mol. The van der Waals surface area contributed by atoms with Crippen molar-refractivity contribution < 1.29 is 14.4 Å². The number of nitrogens with zero attached hydrogens (tertiary/aromatic N) is 3. The van der Waals surface area contributed by atoms with Gasteiger partial charge in [-0.15, -0.1) is 0 Å². The molecule has 2 aromatic rings. The maximum atomic E-state index is 11.3. The second-order valence-corrected chi connectivity index (χ2v) is 4.41. The molecule has 3 rings (SSSR count). The SMILES string of the molecule is CCc1onc(-c2cncn2C2CC2)c1C(=O)O. The number of imidazole rings is 1. The third-order valence-corrected chi connectivity index (χ3v) is 3.15. The minimum absolute atomic E-state index is 0.153. The van der Waals surface area contributed by atoms with Crippen molar-refractivity contribution in [1.29, 1.82) is 0 Å². The highest BCUT2D eigenvalue weighted by molar-refractivity contribution is 5.95. The van der Waals surface area contributed by atoms with Crippen LogP contribution in [0.2, 0.25) is 0 Å². The van der Waals surface area contributed by atoms with Crippen LogP contribution in [-0.2, 0) is 6.42 Å². The topological polar surface area (TPSA) is 81.2 Å². The molecule has 18 heavy (non-hydrogen) atoms. The van der Waals surface area contributed by atoms with E-state index in [2.05, 4.69) is 10.1 Å². The molecule has 0 aromatic carbocycles. The lowest BCUT2D eigenvalue weighted by molar-refractivity contribution is 0.0695. The van der Waals surface area contributed by atoms with Gasteiger partial charge in [0.15, 0.2) is 5.76 Å². The van der Waals surface area contributed by atoms with Gasteiger partial charge in [-0.3, -0.25) is 0 Å². The fraction of sp³-hybridized carbons (Fsp3) is 0.417. The van der Waals surface area contributed by atoms with Crippen molar-refractivity contribution in [3.05, 3.63) is 23.8 Å². The number of rotatable bonds is 4. The molecule has 6 nitrogen and oxygen atoms in total. The average molecular weight is 247 g/mol. The molecule has 1 fully saturated rings. The van der Waals surface area contributed by atoms with Crippen molar-refractivity contribution in [3.8, 4) is 11.4 Å². The third-order valence-electron chi connectivity index (χ3n) is 3.15. The molecule has 0 spiro atoms. The van der Waals surface area contributed by atoms with Crippen LogP contribution in [0.4, 0.5) is 0 Å². The molecule has 1 aliphatic rings. The molecule has 0 bridgehead atoms. The predicted molar refractivity (Wildman–Crippen MR) is 62.3 cm³/mol. The standard InChI is InChI=1S/C12H13N3O3/c1-2-9-10(12(16)17)11(14-18-9)8-5-13-6-15(8)7-3-4-7/h5-7H,2-4H2,1H3,(H,16,17). The summed E-state index contributed by atoms with van der Waals surface area (Å²) in [7, 11) is 0. The number of aromatic nitrogens is 3. The van der Waals surface area contributed by atoms with Crippen molar-refractivity contribution in [1.82, 2.24) is 14.7 Å². The Balaban J connectivity index is 2.13. The van der Waals surface area contributed by atoms with Crippen molar-refractivity contribution in [2.75, 3.05) is 0 Å². The number of aryl methyl sites for hydroxylation is 1. The first-order valence-electron chi connectivity index (χ1n) is 5.96. The van der Waals surface area contributed by atoms with Gasteiger partial charge in [0.1, 0.15) is 11.3 Å². The zero-order valence-corrected chi connectivity index (χ0v) is 9.96. The Bertz CT molecular complexity index is 595. The molecule has 2 heterocycles. The van der Waals surface area contributed by atoms with Crippen molar-refractivity contribution in [2.24, 2.45) is 0 Å². The smallest absolute Gasteiger partial charge is 0.341 e. The number of hydrogen-bond acceptors (Lipinski definition) is 4. The Morgan fingerprint density at radius 3 is 3.00 bits per heavy atom. The van der Waals surface area contributed by atoms with Gasteiger partial charge in [-0.1, -0.05) is 12.1 Å². The Kier molecular flexibility index (Phi) is 2.43. The summed E-state index contributed by atoms with van der Waals surface area (Å²) in [6.45, 7) is 1.84. The van der Waals surface area contributed by atoms with E-state index in [0.29, 0.717) is 23.9 Å². The van der Waals surface area contributed by atoms with Gasteiger partial charge in [0, 0.05) is 12.5 Å². The highest BCUT2D eigenvalue weighted by atomic mass is 16.5. The fourth-order valence-corrected chi connectivity index (χ4v) is 2.09. The maximum Gasteiger partial charge on any atom is 0.341 e. The zero-order chi connectivity index (χ0) is 12.7. The summed E-state index contributed by atoms with van der Waals surface area (Å²) in [6, 6.07) is 0.422. The van der Waals surface area contributed by atoms with Crippen LogP contribution in [0.5, 0.6) is 0 Å². The number of hydrogen-bond donors (Lipinski definition) is 1. The van der Waals surface area contributed by atoms with E-state index >= 15 is 0 Å². The molecule has 2 aromatic heterocycles. The molecule has 0 saturated heterocycles. The maximum absolute atomic E-state index is 11.3. The van der Waals surface area contributed by atoms with E-state index in [9.17, 15) is 9.90 Å². The van der Waals surface area contributed by atoms with E-state index in [-0.39, 0.29) is 5.56 Å². The lowest BCUT2D eigenvalue weighted by Crippen LogP contribution is -2.03. The molecule has 0 atom stereocenters. The minimum Gasteiger partial charge on any atom is -0.477 e. The molecule has 0 unspecified atom stereocenters. The van der Waals surface area contributed by atoms with Gasteiger partial charge in [-0.2, -0.15) is 0 Å². The van der Waals surface area contributed by atoms with Gasteiger partial charge in [0.05, 0.1) is 18.2 Å². The molecule has 94 valence electrons. The second kappa shape index (κ2) is 3.97. The van der Waals surface area contributed by atoms with Crippen LogP contribution in [0, 0.1) is 0 Å². The molecule has 1 N–H and O–H groups in total. The Morgan fingerprint density at radius 1 is 1.61 bits per heavy atom. The highest BCUT2D eigenvalue weighted by Crippen LogP contribution is 2.38. The summed E-state index contributed by atoms with van der Waals surface area (Å²) in [5.41, 5.74) is 1.25. The van der Waals surface area contributed by atoms with Crippen LogP contribution in [0.25, 0.3) is 11.4 Å². The summed E-state index contributed by atoms with van der Waals surface area (Å²) < 4.78 is 7.09. The van der Waals surface area contributed by atoms with Gasteiger partial charge in [0.25, 0.3) is 0 Å². The van der Waals surface area contributed by atoms with Gasteiger partial charge >= 0.3 is 5.97 Å². The first kappa shape index (κ1) is 11.0. The molecule has 0 amide bonds. The van der Waals surface area contributed by atoms with Crippen LogP contribution < -0.4 is 0 Å². The summed E-state index contributed by atoms with van der Waals surface area (Å²) in [4.78, 5) is 15.4. The minimum atomic E-state index is -1.01. The summed E-state index contributed by atoms with van der Waals surface area (Å²) in [6.07, 6.45) is 6.07. The number of carboxylic acid groups (broad SMARTS) is 1. The van der Waals surface area contributed by atoms with Gasteiger partial charge in [0.2, 0.25) is 0 Å². The summed E-state index contributed by atoms with van der Waals surface area (Å²) in [5, 5.41) is 13.2. The van der Waals surface area contributed by atoms with Crippen molar-refractivity contribution in [3.63, 3.8) is 0 Å². The summed E-state index contributed by atoms with van der Waals surface area (Å²) in [5.74, 6) is -0.604. The van der Waals surface area contributed by atoms with Crippen molar-refractivity contribution >= 4 is 5.97 Å². The second-order valence-electron chi connectivity index (χ2n) is 4.41. The Labute approximate surface area is 103 Å². The van der Waals surface area contributed by atoms with Crippen LogP contribution in [0.15, 0.2) is 17.0 Å². The predicted octanol–water partition coefficient (Wildman–Crippen LogP) is 2.13. The highest BCUT2D eigenvalue weighted by Gasteiger charge is 2.30. The molecular formula is C12H13N3O3.